The molecule has 0 bridgehead atoms. The van der Waals surface area contributed by atoms with Crippen LogP contribution in [0.4, 0.5) is 5.69 Å². The van der Waals surface area contributed by atoms with E-state index in [1.54, 1.807) is 24.3 Å². The number of methoxy groups -OCH3 is 2. The SMILES string of the molecule is COc1ccc(OC)c(NC(=O)c2cc(Br)ccc2O)c1. The number of amides is 1. The summed E-state index contributed by atoms with van der Waals surface area (Å²) in [6, 6.07) is 9.70. The number of benzene rings is 2. The van der Waals surface area contributed by atoms with Crippen LogP contribution in [0.3, 0.4) is 0 Å². The van der Waals surface area contributed by atoms with Crippen LogP contribution in [-0.4, -0.2) is 25.2 Å². The maximum absolute atomic E-state index is 12.3. The van der Waals surface area contributed by atoms with E-state index >= 15 is 0 Å². The van der Waals surface area contributed by atoms with Crippen molar-refractivity contribution in [1.29, 1.82) is 0 Å². The molecule has 2 aromatic rings. The van der Waals surface area contributed by atoms with E-state index in [9.17, 15) is 9.90 Å². The summed E-state index contributed by atoms with van der Waals surface area (Å²) in [5, 5.41) is 12.5. The summed E-state index contributed by atoms with van der Waals surface area (Å²) in [4.78, 5) is 12.3. The molecule has 2 N–H and O–H groups in total. The fourth-order valence-corrected chi connectivity index (χ4v) is 2.15. The summed E-state index contributed by atoms with van der Waals surface area (Å²) in [5.41, 5.74) is 0.621. The van der Waals surface area contributed by atoms with Crippen LogP contribution in [0.2, 0.25) is 0 Å². The van der Waals surface area contributed by atoms with Crippen LogP contribution in [0.15, 0.2) is 40.9 Å². The zero-order valence-electron chi connectivity index (χ0n) is 11.5. The van der Waals surface area contributed by atoms with E-state index in [-0.39, 0.29) is 11.3 Å². The van der Waals surface area contributed by atoms with Gasteiger partial charge in [0, 0.05) is 10.5 Å². The van der Waals surface area contributed by atoms with Gasteiger partial charge in [0.2, 0.25) is 0 Å². The number of anilines is 1. The average Bonchev–Trinajstić information content (AvgIpc) is 2.49. The second kappa shape index (κ2) is 6.49. The lowest BCUT2D eigenvalue weighted by molar-refractivity contribution is 0.102. The van der Waals surface area contributed by atoms with Gasteiger partial charge in [-0.25, -0.2) is 0 Å². The molecule has 0 saturated carbocycles. The van der Waals surface area contributed by atoms with Gasteiger partial charge in [-0.3, -0.25) is 4.79 Å². The summed E-state index contributed by atoms with van der Waals surface area (Å²) < 4.78 is 11.0. The number of phenolic OH excluding ortho intramolecular Hbond substituents is 1. The topological polar surface area (TPSA) is 67.8 Å². The Kier molecular flexibility index (Phi) is 4.70. The molecule has 0 fully saturated rings. The van der Waals surface area contributed by atoms with Gasteiger partial charge in [0.25, 0.3) is 5.91 Å². The van der Waals surface area contributed by atoms with Crippen molar-refractivity contribution in [3.8, 4) is 17.2 Å². The number of halogens is 1. The summed E-state index contributed by atoms with van der Waals surface area (Å²) in [6.45, 7) is 0. The number of hydrogen-bond acceptors (Lipinski definition) is 4. The Morgan fingerprint density at radius 2 is 1.90 bits per heavy atom. The molecule has 0 aliphatic heterocycles. The van der Waals surface area contributed by atoms with Crippen molar-refractivity contribution < 1.29 is 19.4 Å². The molecular formula is C15H14BrNO4. The predicted molar refractivity (Wildman–Crippen MR) is 83.3 cm³/mol. The molecule has 0 saturated heterocycles. The number of nitrogens with one attached hydrogen (secondary N) is 1. The van der Waals surface area contributed by atoms with Crippen molar-refractivity contribution >= 4 is 27.5 Å². The van der Waals surface area contributed by atoms with Gasteiger partial charge in [-0.05, 0) is 30.3 Å². The second-order valence-corrected chi connectivity index (χ2v) is 5.10. The second-order valence-electron chi connectivity index (χ2n) is 4.18. The lowest BCUT2D eigenvalue weighted by Gasteiger charge is -2.12. The molecule has 0 aliphatic carbocycles. The molecule has 2 rings (SSSR count). The van der Waals surface area contributed by atoms with Gasteiger partial charge in [-0.1, -0.05) is 15.9 Å². The molecule has 0 unspecified atom stereocenters. The Morgan fingerprint density at radius 3 is 2.57 bits per heavy atom. The quantitative estimate of drug-likeness (QED) is 0.885. The minimum Gasteiger partial charge on any atom is -0.507 e. The largest absolute Gasteiger partial charge is 0.507 e. The van der Waals surface area contributed by atoms with Gasteiger partial charge >= 0.3 is 0 Å². The molecular weight excluding hydrogens is 338 g/mol. The molecule has 5 nitrogen and oxygen atoms in total. The van der Waals surface area contributed by atoms with Crippen LogP contribution in [0, 0.1) is 0 Å². The molecule has 0 atom stereocenters. The standard InChI is InChI=1S/C15H14BrNO4/c1-20-10-4-6-14(21-2)12(8-10)17-15(19)11-7-9(16)3-5-13(11)18/h3-8,18H,1-2H3,(H,17,19). The van der Waals surface area contributed by atoms with Gasteiger partial charge in [-0.15, -0.1) is 0 Å². The number of carbonyl (C=O) groups excluding carboxylic acids is 1. The molecule has 110 valence electrons. The molecule has 2 aromatic carbocycles. The predicted octanol–water partition coefficient (Wildman–Crippen LogP) is 3.42. The third kappa shape index (κ3) is 3.46. The Hall–Kier alpha value is -2.21. The van der Waals surface area contributed by atoms with Crippen molar-refractivity contribution in [3.05, 3.63) is 46.4 Å². The molecule has 0 aromatic heterocycles. The van der Waals surface area contributed by atoms with Gasteiger partial charge in [0.15, 0.2) is 0 Å². The van der Waals surface area contributed by atoms with Crippen molar-refractivity contribution in [3.63, 3.8) is 0 Å². The van der Waals surface area contributed by atoms with E-state index < -0.39 is 5.91 Å². The highest BCUT2D eigenvalue weighted by molar-refractivity contribution is 9.10. The minimum atomic E-state index is -0.444. The van der Waals surface area contributed by atoms with E-state index in [0.717, 1.165) is 0 Å². The van der Waals surface area contributed by atoms with Crippen molar-refractivity contribution in [2.24, 2.45) is 0 Å². The first-order chi connectivity index (χ1) is 10.0. The number of hydrogen-bond donors (Lipinski definition) is 2. The molecule has 0 heterocycles. The van der Waals surface area contributed by atoms with Gasteiger partial charge in [0.1, 0.15) is 17.2 Å². The molecule has 0 spiro atoms. The van der Waals surface area contributed by atoms with E-state index in [1.165, 1.54) is 26.4 Å². The van der Waals surface area contributed by atoms with Crippen LogP contribution in [-0.2, 0) is 0 Å². The monoisotopic (exact) mass is 351 g/mol. The molecule has 0 aliphatic rings. The van der Waals surface area contributed by atoms with Crippen LogP contribution in [0.1, 0.15) is 10.4 Å². The number of aromatic hydroxyl groups is 1. The van der Waals surface area contributed by atoms with E-state index in [2.05, 4.69) is 21.2 Å². The first-order valence-electron chi connectivity index (χ1n) is 6.07. The Labute approximate surface area is 130 Å². The normalized spacial score (nSPS) is 10.0. The Balaban J connectivity index is 2.32. The summed E-state index contributed by atoms with van der Waals surface area (Å²) >= 11 is 3.27. The van der Waals surface area contributed by atoms with E-state index in [4.69, 9.17) is 9.47 Å². The highest BCUT2D eigenvalue weighted by atomic mass is 79.9. The Bertz CT molecular complexity index is 673. The summed E-state index contributed by atoms with van der Waals surface area (Å²) in [6.07, 6.45) is 0. The molecule has 1 amide bonds. The maximum atomic E-state index is 12.3. The molecule has 0 radical (unpaired) electrons. The molecule has 6 heteroatoms. The fraction of sp³-hybridized carbons (Fsp3) is 0.133. The first-order valence-corrected chi connectivity index (χ1v) is 6.86. The number of ether oxygens (including phenoxy) is 2. The zero-order chi connectivity index (χ0) is 15.4. The van der Waals surface area contributed by atoms with Crippen LogP contribution in [0.5, 0.6) is 17.2 Å². The maximum Gasteiger partial charge on any atom is 0.259 e. The summed E-state index contributed by atoms with van der Waals surface area (Å²) in [5.74, 6) is 0.543. The first kappa shape index (κ1) is 15.2. The van der Waals surface area contributed by atoms with Crippen LogP contribution >= 0.6 is 15.9 Å². The number of rotatable bonds is 4. The third-order valence-corrected chi connectivity index (χ3v) is 3.35. The van der Waals surface area contributed by atoms with Crippen molar-refractivity contribution in [2.75, 3.05) is 19.5 Å². The summed E-state index contributed by atoms with van der Waals surface area (Å²) in [7, 11) is 3.04. The van der Waals surface area contributed by atoms with Gasteiger partial charge < -0.3 is 19.9 Å². The minimum absolute atomic E-state index is 0.0995. The number of carbonyl (C=O) groups is 1. The highest BCUT2D eigenvalue weighted by Crippen LogP contribution is 2.30. The van der Waals surface area contributed by atoms with Gasteiger partial charge in [0.05, 0.1) is 25.5 Å². The third-order valence-electron chi connectivity index (χ3n) is 2.86. The number of phenols is 1. The Morgan fingerprint density at radius 1 is 1.14 bits per heavy atom. The smallest absolute Gasteiger partial charge is 0.259 e. The van der Waals surface area contributed by atoms with Gasteiger partial charge in [-0.2, -0.15) is 0 Å². The van der Waals surface area contributed by atoms with Crippen LogP contribution < -0.4 is 14.8 Å². The lowest BCUT2D eigenvalue weighted by Crippen LogP contribution is -2.13. The van der Waals surface area contributed by atoms with E-state index in [0.29, 0.717) is 21.7 Å². The molecule has 21 heavy (non-hydrogen) atoms. The van der Waals surface area contributed by atoms with E-state index in [1.807, 2.05) is 0 Å². The highest BCUT2D eigenvalue weighted by Gasteiger charge is 2.14. The lowest BCUT2D eigenvalue weighted by atomic mass is 10.2. The zero-order valence-corrected chi connectivity index (χ0v) is 13.1. The van der Waals surface area contributed by atoms with Crippen molar-refractivity contribution in [2.45, 2.75) is 0 Å². The average molecular weight is 352 g/mol. The fourth-order valence-electron chi connectivity index (χ4n) is 1.79. The van der Waals surface area contributed by atoms with Crippen LogP contribution in [0.25, 0.3) is 0 Å². The van der Waals surface area contributed by atoms with Crippen molar-refractivity contribution in [1.82, 2.24) is 0 Å².